The summed E-state index contributed by atoms with van der Waals surface area (Å²) in [6.07, 6.45) is 6.43. The van der Waals surface area contributed by atoms with E-state index in [1.54, 1.807) is 12.4 Å². The number of hydrogen-bond acceptors (Lipinski definition) is 6. The van der Waals surface area contributed by atoms with Crippen molar-refractivity contribution < 1.29 is 9.53 Å². The lowest BCUT2D eigenvalue weighted by molar-refractivity contribution is -0.125. The Bertz CT molecular complexity index is 507. The Labute approximate surface area is 143 Å². The zero-order valence-corrected chi connectivity index (χ0v) is 14.2. The summed E-state index contributed by atoms with van der Waals surface area (Å²) >= 11 is 0. The Morgan fingerprint density at radius 3 is 2.83 bits per heavy atom. The van der Waals surface area contributed by atoms with Crippen LogP contribution in [0.2, 0.25) is 0 Å². The van der Waals surface area contributed by atoms with E-state index in [9.17, 15) is 4.79 Å². The minimum absolute atomic E-state index is 0.0333. The monoisotopic (exact) mass is 333 g/mol. The maximum atomic E-state index is 12.4. The molecule has 0 spiro atoms. The largest absolute Gasteiger partial charge is 0.379 e. The standard InChI is InChI=1S/C17H27N5O2/c23-16(18-7-3-8-21-10-12-24-13-11-21)15-4-1-9-22(14-15)17-19-5-2-6-20-17/h2,5-6,15H,1,3-4,7-14H2,(H,18,23)/t15-/m1/s1. The van der Waals surface area contributed by atoms with E-state index in [-0.39, 0.29) is 11.8 Å². The number of amides is 1. The zero-order chi connectivity index (χ0) is 16.6. The second-order valence-electron chi connectivity index (χ2n) is 6.43. The molecule has 0 bridgehead atoms. The molecule has 24 heavy (non-hydrogen) atoms. The number of aromatic nitrogens is 2. The highest BCUT2D eigenvalue weighted by atomic mass is 16.5. The number of carbonyl (C=O) groups is 1. The number of ether oxygens (including phenoxy) is 1. The van der Waals surface area contributed by atoms with E-state index in [4.69, 9.17) is 4.74 Å². The normalized spacial score (nSPS) is 22.3. The molecule has 132 valence electrons. The zero-order valence-electron chi connectivity index (χ0n) is 14.2. The average molecular weight is 333 g/mol. The van der Waals surface area contributed by atoms with Crippen LogP contribution in [-0.4, -0.2) is 73.3 Å². The van der Waals surface area contributed by atoms with E-state index in [0.717, 1.165) is 71.1 Å². The second-order valence-corrected chi connectivity index (χ2v) is 6.43. The van der Waals surface area contributed by atoms with Gasteiger partial charge in [0.25, 0.3) is 0 Å². The van der Waals surface area contributed by atoms with Gasteiger partial charge in [-0.25, -0.2) is 9.97 Å². The molecule has 2 aliphatic heterocycles. The molecular weight excluding hydrogens is 306 g/mol. The van der Waals surface area contributed by atoms with Crippen molar-refractivity contribution in [3.05, 3.63) is 18.5 Å². The molecular formula is C17H27N5O2. The number of hydrogen-bond donors (Lipinski definition) is 1. The Hall–Kier alpha value is -1.73. The van der Waals surface area contributed by atoms with Gasteiger partial charge in [0.05, 0.1) is 19.1 Å². The fourth-order valence-corrected chi connectivity index (χ4v) is 3.31. The van der Waals surface area contributed by atoms with Crippen LogP contribution in [-0.2, 0) is 9.53 Å². The van der Waals surface area contributed by atoms with E-state index in [1.165, 1.54) is 0 Å². The molecule has 2 fully saturated rings. The van der Waals surface area contributed by atoms with E-state index >= 15 is 0 Å². The molecule has 3 rings (SSSR count). The fraction of sp³-hybridized carbons (Fsp3) is 0.706. The van der Waals surface area contributed by atoms with Crippen LogP contribution in [0.3, 0.4) is 0 Å². The molecule has 2 aliphatic rings. The lowest BCUT2D eigenvalue weighted by atomic mass is 9.97. The van der Waals surface area contributed by atoms with E-state index in [2.05, 4.69) is 25.1 Å². The summed E-state index contributed by atoms with van der Waals surface area (Å²) in [6.45, 7) is 7.06. The minimum atomic E-state index is 0.0333. The number of rotatable bonds is 6. The molecule has 2 saturated heterocycles. The van der Waals surface area contributed by atoms with Gasteiger partial charge in [0.2, 0.25) is 11.9 Å². The lowest BCUT2D eigenvalue weighted by Gasteiger charge is -2.32. The fourth-order valence-electron chi connectivity index (χ4n) is 3.31. The van der Waals surface area contributed by atoms with Crippen LogP contribution < -0.4 is 10.2 Å². The molecule has 0 unspecified atom stereocenters. The van der Waals surface area contributed by atoms with Gasteiger partial charge < -0.3 is 15.0 Å². The Morgan fingerprint density at radius 2 is 2.04 bits per heavy atom. The summed E-state index contributed by atoms with van der Waals surface area (Å²) in [4.78, 5) is 25.5. The van der Waals surface area contributed by atoms with Gasteiger partial charge in [-0.05, 0) is 31.9 Å². The molecule has 0 radical (unpaired) electrons. The summed E-state index contributed by atoms with van der Waals surface area (Å²) in [5.41, 5.74) is 0. The van der Waals surface area contributed by atoms with Crippen molar-refractivity contribution in [2.24, 2.45) is 5.92 Å². The molecule has 1 N–H and O–H groups in total. The Balaban J connectivity index is 1.38. The molecule has 7 nitrogen and oxygen atoms in total. The highest BCUT2D eigenvalue weighted by molar-refractivity contribution is 5.79. The smallest absolute Gasteiger partial charge is 0.225 e. The summed E-state index contributed by atoms with van der Waals surface area (Å²) in [5, 5.41) is 3.10. The molecule has 3 heterocycles. The van der Waals surface area contributed by atoms with Crippen molar-refractivity contribution in [1.29, 1.82) is 0 Å². The maximum absolute atomic E-state index is 12.4. The van der Waals surface area contributed by atoms with Crippen molar-refractivity contribution in [2.45, 2.75) is 19.3 Å². The summed E-state index contributed by atoms with van der Waals surface area (Å²) in [7, 11) is 0. The first-order valence-corrected chi connectivity index (χ1v) is 8.93. The van der Waals surface area contributed by atoms with Crippen LogP contribution in [0.25, 0.3) is 0 Å². The van der Waals surface area contributed by atoms with Gasteiger partial charge in [-0.1, -0.05) is 0 Å². The maximum Gasteiger partial charge on any atom is 0.225 e. The number of morpholine rings is 1. The molecule has 7 heteroatoms. The van der Waals surface area contributed by atoms with Crippen LogP contribution in [0.4, 0.5) is 5.95 Å². The molecule has 1 atom stereocenters. The van der Waals surface area contributed by atoms with Crippen LogP contribution >= 0.6 is 0 Å². The first kappa shape index (κ1) is 17.1. The van der Waals surface area contributed by atoms with E-state index in [1.807, 2.05) is 6.07 Å². The van der Waals surface area contributed by atoms with Crippen molar-refractivity contribution in [1.82, 2.24) is 20.2 Å². The first-order chi connectivity index (χ1) is 11.8. The molecule has 0 aromatic carbocycles. The van der Waals surface area contributed by atoms with Crippen LogP contribution in [0.1, 0.15) is 19.3 Å². The van der Waals surface area contributed by atoms with Gasteiger partial charge in [0, 0.05) is 45.1 Å². The van der Waals surface area contributed by atoms with E-state index in [0.29, 0.717) is 6.54 Å². The average Bonchev–Trinajstić information content (AvgIpc) is 2.67. The van der Waals surface area contributed by atoms with Gasteiger partial charge in [0.15, 0.2) is 0 Å². The highest BCUT2D eigenvalue weighted by Gasteiger charge is 2.26. The van der Waals surface area contributed by atoms with Gasteiger partial charge >= 0.3 is 0 Å². The number of anilines is 1. The summed E-state index contributed by atoms with van der Waals surface area (Å²) in [5.74, 6) is 0.922. The van der Waals surface area contributed by atoms with Gasteiger partial charge in [0.1, 0.15) is 0 Å². The third-order valence-electron chi connectivity index (χ3n) is 4.68. The first-order valence-electron chi connectivity index (χ1n) is 8.93. The van der Waals surface area contributed by atoms with Gasteiger partial charge in [-0.3, -0.25) is 9.69 Å². The van der Waals surface area contributed by atoms with Crippen molar-refractivity contribution in [3.63, 3.8) is 0 Å². The Morgan fingerprint density at radius 1 is 1.25 bits per heavy atom. The predicted octanol–water partition coefficient (Wildman–Crippen LogP) is 0.532. The summed E-state index contributed by atoms with van der Waals surface area (Å²) in [6, 6.07) is 1.81. The minimum Gasteiger partial charge on any atom is -0.379 e. The summed E-state index contributed by atoms with van der Waals surface area (Å²) < 4.78 is 5.34. The topological polar surface area (TPSA) is 70.6 Å². The second kappa shape index (κ2) is 8.94. The van der Waals surface area contributed by atoms with Crippen LogP contribution in [0.5, 0.6) is 0 Å². The number of nitrogens with one attached hydrogen (secondary N) is 1. The highest BCUT2D eigenvalue weighted by Crippen LogP contribution is 2.20. The van der Waals surface area contributed by atoms with Crippen molar-refractivity contribution >= 4 is 11.9 Å². The number of piperidine rings is 1. The predicted molar refractivity (Wildman–Crippen MR) is 91.9 cm³/mol. The molecule has 0 aliphatic carbocycles. The lowest BCUT2D eigenvalue weighted by Crippen LogP contribution is -2.44. The molecule has 1 amide bonds. The SMILES string of the molecule is O=C(NCCCN1CCOCC1)[C@@H]1CCCN(c2ncccn2)C1. The molecule has 0 saturated carbocycles. The van der Waals surface area contributed by atoms with Gasteiger partial charge in [-0.2, -0.15) is 0 Å². The quantitative estimate of drug-likeness (QED) is 0.766. The van der Waals surface area contributed by atoms with Crippen molar-refractivity contribution in [3.8, 4) is 0 Å². The number of nitrogens with zero attached hydrogens (tertiary/aromatic N) is 4. The van der Waals surface area contributed by atoms with Crippen LogP contribution in [0.15, 0.2) is 18.5 Å². The van der Waals surface area contributed by atoms with Gasteiger partial charge in [-0.15, -0.1) is 0 Å². The third-order valence-corrected chi connectivity index (χ3v) is 4.68. The molecule has 1 aromatic heterocycles. The number of carbonyl (C=O) groups excluding carboxylic acids is 1. The van der Waals surface area contributed by atoms with E-state index < -0.39 is 0 Å². The van der Waals surface area contributed by atoms with Crippen LogP contribution in [0, 0.1) is 5.92 Å². The third kappa shape index (κ3) is 4.88. The van der Waals surface area contributed by atoms with Crippen molar-refractivity contribution in [2.75, 3.05) is 57.4 Å². The molecule has 1 aromatic rings. The Kier molecular flexibility index (Phi) is 6.37.